The van der Waals surface area contributed by atoms with Crippen molar-refractivity contribution in [3.05, 3.63) is 51.4 Å². The number of halogens is 1. The second-order valence-corrected chi connectivity index (χ2v) is 6.86. The molecule has 0 unspecified atom stereocenters. The van der Waals surface area contributed by atoms with Gasteiger partial charge in [0.05, 0.1) is 33.2 Å². The van der Waals surface area contributed by atoms with E-state index in [2.05, 4.69) is 15.5 Å². The van der Waals surface area contributed by atoms with Crippen molar-refractivity contribution in [2.75, 3.05) is 11.1 Å². The van der Waals surface area contributed by atoms with Crippen molar-refractivity contribution in [3.63, 3.8) is 0 Å². The van der Waals surface area contributed by atoms with Crippen molar-refractivity contribution in [2.45, 2.75) is 12.1 Å². The van der Waals surface area contributed by atoms with Crippen LogP contribution in [0.5, 0.6) is 0 Å². The highest BCUT2D eigenvalue weighted by molar-refractivity contribution is 7.99. The van der Waals surface area contributed by atoms with Crippen LogP contribution in [0.15, 0.2) is 40.1 Å². The summed E-state index contributed by atoms with van der Waals surface area (Å²) in [5, 5.41) is 22.4. The Morgan fingerprint density at radius 2 is 2.19 bits per heavy atom. The van der Waals surface area contributed by atoms with Gasteiger partial charge in [-0.05, 0) is 19.1 Å². The molecule has 0 saturated carbocycles. The van der Waals surface area contributed by atoms with E-state index in [1.54, 1.807) is 23.9 Å². The first-order valence-electron chi connectivity index (χ1n) is 7.67. The van der Waals surface area contributed by atoms with Gasteiger partial charge in [-0.3, -0.25) is 14.9 Å². The van der Waals surface area contributed by atoms with Crippen molar-refractivity contribution in [1.29, 1.82) is 0 Å². The number of rotatable bonds is 6. The fourth-order valence-electron chi connectivity index (χ4n) is 2.33. The number of carbonyl (C=O) groups is 1. The predicted octanol–water partition coefficient (Wildman–Crippen LogP) is 3.68. The Labute approximate surface area is 162 Å². The highest BCUT2D eigenvalue weighted by Gasteiger charge is 2.17. The Bertz CT molecular complexity index is 1020. The van der Waals surface area contributed by atoms with Crippen LogP contribution in [0, 0.1) is 17.0 Å². The van der Waals surface area contributed by atoms with Gasteiger partial charge in [0.25, 0.3) is 5.69 Å². The fourth-order valence-corrected chi connectivity index (χ4v) is 3.21. The van der Waals surface area contributed by atoms with Crippen LogP contribution >= 0.6 is 23.4 Å². The molecule has 9 nitrogen and oxygen atoms in total. The summed E-state index contributed by atoms with van der Waals surface area (Å²) in [6, 6.07) is 5.65. The number of nitrogens with zero attached hydrogens (tertiary/aromatic N) is 4. The van der Waals surface area contributed by atoms with Crippen molar-refractivity contribution >= 4 is 40.6 Å². The van der Waals surface area contributed by atoms with E-state index in [0.29, 0.717) is 11.0 Å². The van der Waals surface area contributed by atoms with Crippen LogP contribution in [0.2, 0.25) is 5.02 Å². The molecule has 0 aliphatic rings. The van der Waals surface area contributed by atoms with Crippen LogP contribution in [0.4, 0.5) is 11.4 Å². The molecule has 0 aliphatic heterocycles. The van der Waals surface area contributed by atoms with E-state index >= 15 is 0 Å². The highest BCUT2D eigenvalue weighted by Crippen LogP contribution is 2.28. The van der Waals surface area contributed by atoms with Crippen LogP contribution in [0.1, 0.15) is 5.76 Å². The normalized spacial score (nSPS) is 10.8. The Kier molecular flexibility index (Phi) is 5.47. The van der Waals surface area contributed by atoms with Crippen molar-refractivity contribution in [1.82, 2.24) is 14.8 Å². The minimum absolute atomic E-state index is 0.0371. The molecule has 3 aromatic rings. The van der Waals surface area contributed by atoms with Gasteiger partial charge in [0.2, 0.25) is 5.91 Å². The van der Waals surface area contributed by atoms with E-state index < -0.39 is 4.92 Å². The zero-order valence-corrected chi connectivity index (χ0v) is 15.9. The minimum Gasteiger partial charge on any atom is -0.469 e. The van der Waals surface area contributed by atoms with Crippen molar-refractivity contribution < 1.29 is 14.1 Å². The molecule has 0 aliphatic carbocycles. The van der Waals surface area contributed by atoms with Gasteiger partial charge in [0, 0.05) is 19.2 Å². The standard InChI is InChI=1S/C16H14ClN5O4S/c1-9-11(5-6-26-9)15-19-20-16(21(15)2)27-8-14(23)18-13-7-10(22(24)25)3-4-12(13)17/h3-7H,8H2,1-2H3,(H,18,23). The second-order valence-electron chi connectivity index (χ2n) is 5.51. The predicted molar refractivity (Wildman–Crippen MR) is 101 cm³/mol. The summed E-state index contributed by atoms with van der Waals surface area (Å²) in [5.41, 5.74) is 0.851. The summed E-state index contributed by atoms with van der Waals surface area (Å²) < 4.78 is 7.03. The number of hydrogen-bond donors (Lipinski definition) is 1. The van der Waals surface area contributed by atoms with Gasteiger partial charge in [-0.25, -0.2) is 0 Å². The third kappa shape index (κ3) is 4.12. The monoisotopic (exact) mass is 407 g/mol. The maximum atomic E-state index is 12.2. The van der Waals surface area contributed by atoms with Crippen LogP contribution in [-0.4, -0.2) is 31.3 Å². The quantitative estimate of drug-likeness (QED) is 0.376. The average Bonchev–Trinajstić information content (AvgIpc) is 3.20. The van der Waals surface area contributed by atoms with Gasteiger partial charge in [-0.2, -0.15) is 0 Å². The number of carbonyl (C=O) groups excluding carboxylic acids is 1. The lowest BCUT2D eigenvalue weighted by Gasteiger charge is -2.07. The van der Waals surface area contributed by atoms with Gasteiger partial charge in [-0.15, -0.1) is 10.2 Å². The van der Waals surface area contributed by atoms with E-state index in [1.807, 2.05) is 6.92 Å². The molecule has 0 bridgehead atoms. The smallest absolute Gasteiger partial charge is 0.271 e. The first-order valence-corrected chi connectivity index (χ1v) is 9.03. The van der Waals surface area contributed by atoms with Crippen LogP contribution in [0.3, 0.4) is 0 Å². The van der Waals surface area contributed by atoms with E-state index in [0.717, 1.165) is 11.3 Å². The maximum Gasteiger partial charge on any atom is 0.271 e. The van der Waals surface area contributed by atoms with Crippen molar-refractivity contribution in [2.24, 2.45) is 7.05 Å². The molecule has 2 aromatic heterocycles. The first kappa shape index (κ1) is 18.9. The molecule has 1 aromatic carbocycles. The SMILES string of the molecule is Cc1occc1-c1nnc(SCC(=O)Nc2cc([N+](=O)[O-])ccc2Cl)n1C. The fraction of sp³-hybridized carbons (Fsp3) is 0.188. The topological polar surface area (TPSA) is 116 Å². The number of hydrogen-bond acceptors (Lipinski definition) is 7. The number of non-ortho nitro benzene ring substituents is 1. The lowest BCUT2D eigenvalue weighted by atomic mass is 10.2. The molecular formula is C16H14ClN5O4S. The van der Waals surface area contributed by atoms with E-state index in [1.165, 1.54) is 30.0 Å². The molecule has 27 heavy (non-hydrogen) atoms. The number of furan rings is 1. The molecule has 1 amide bonds. The number of aromatic nitrogens is 3. The van der Waals surface area contributed by atoms with E-state index in [4.69, 9.17) is 16.0 Å². The summed E-state index contributed by atoms with van der Waals surface area (Å²) in [6.07, 6.45) is 1.57. The van der Waals surface area contributed by atoms with Gasteiger partial charge in [0.1, 0.15) is 5.76 Å². The summed E-state index contributed by atoms with van der Waals surface area (Å²) in [5.74, 6) is 1.02. The molecule has 3 rings (SSSR count). The van der Waals surface area contributed by atoms with Gasteiger partial charge >= 0.3 is 0 Å². The zero-order valence-electron chi connectivity index (χ0n) is 14.3. The van der Waals surface area contributed by atoms with E-state index in [-0.39, 0.29) is 28.1 Å². The highest BCUT2D eigenvalue weighted by atomic mass is 35.5. The summed E-state index contributed by atoms with van der Waals surface area (Å²) in [6.45, 7) is 1.83. The number of nitro groups is 1. The van der Waals surface area contributed by atoms with Crippen LogP contribution in [0.25, 0.3) is 11.4 Å². The third-order valence-corrected chi connectivity index (χ3v) is 5.05. The molecule has 2 heterocycles. The Morgan fingerprint density at radius 1 is 1.41 bits per heavy atom. The van der Waals surface area contributed by atoms with Gasteiger partial charge in [0.15, 0.2) is 11.0 Å². The van der Waals surface area contributed by atoms with Gasteiger partial charge < -0.3 is 14.3 Å². The molecule has 1 N–H and O–H groups in total. The van der Waals surface area contributed by atoms with Crippen molar-refractivity contribution in [3.8, 4) is 11.4 Å². The molecule has 0 spiro atoms. The molecular weight excluding hydrogens is 394 g/mol. The van der Waals surface area contributed by atoms with Gasteiger partial charge in [-0.1, -0.05) is 23.4 Å². The number of nitrogens with one attached hydrogen (secondary N) is 1. The minimum atomic E-state index is -0.556. The second kappa shape index (κ2) is 7.80. The zero-order chi connectivity index (χ0) is 19.6. The number of amides is 1. The van der Waals surface area contributed by atoms with E-state index in [9.17, 15) is 14.9 Å². The first-order chi connectivity index (χ1) is 12.9. The number of aryl methyl sites for hydroxylation is 1. The average molecular weight is 408 g/mol. The molecule has 0 fully saturated rings. The number of thioether (sulfide) groups is 1. The molecule has 0 radical (unpaired) electrons. The number of nitro benzene ring substituents is 1. The molecule has 11 heteroatoms. The largest absolute Gasteiger partial charge is 0.469 e. The van der Waals surface area contributed by atoms with Crippen LogP contribution < -0.4 is 5.32 Å². The maximum absolute atomic E-state index is 12.2. The molecule has 0 atom stereocenters. The Morgan fingerprint density at radius 3 is 2.85 bits per heavy atom. The van der Waals surface area contributed by atoms with Crippen LogP contribution in [-0.2, 0) is 11.8 Å². The summed E-state index contributed by atoms with van der Waals surface area (Å²) >= 11 is 7.17. The third-order valence-electron chi connectivity index (χ3n) is 3.70. The Balaban J connectivity index is 1.67. The lowest BCUT2D eigenvalue weighted by molar-refractivity contribution is -0.384. The summed E-state index contributed by atoms with van der Waals surface area (Å²) in [7, 11) is 1.79. The number of benzene rings is 1. The Hall–Kier alpha value is -2.85. The summed E-state index contributed by atoms with van der Waals surface area (Å²) in [4.78, 5) is 22.5. The number of anilines is 1. The lowest BCUT2D eigenvalue weighted by Crippen LogP contribution is -2.15. The molecule has 140 valence electrons. The molecule has 0 saturated heterocycles.